The van der Waals surface area contributed by atoms with Crippen LogP contribution in [0.4, 0.5) is 0 Å². The van der Waals surface area contributed by atoms with Crippen LogP contribution in [0.2, 0.25) is 0 Å². The third-order valence-electron chi connectivity index (χ3n) is 4.84. The first-order chi connectivity index (χ1) is 8.08. The molecule has 0 aromatic carbocycles. The zero-order chi connectivity index (χ0) is 12.4. The summed E-state index contributed by atoms with van der Waals surface area (Å²) in [5.74, 6) is 2.07. The van der Waals surface area contributed by atoms with Gasteiger partial charge in [-0.15, -0.1) is 0 Å². The minimum atomic E-state index is 0.664. The minimum Gasteiger partial charge on any atom is -0.312 e. The van der Waals surface area contributed by atoms with Gasteiger partial charge in [-0.3, -0.25) is 4.90 Å². The molecule has 2 saturated carbocycles. The minimum absolute atomic E-state index is 0.664. The molecule has 0 aromatic rings. The second-order valence-corrected chi connectivity index (χ2v) is 6.66. The maximum atomic E-state index is 3.81. The van der Waals surface area contributed by atoms with E-state index in [1.807, 2.05) is 0 Å². The number of hydrogen-bond donors (Lipinski definition) is 1. The smallest absolute Gasteiger partial charge is 0.0112 e. The van der Waals surface area contributed by atoms with Crippen molar-refractivity contribution in [1.29, 1.82) is 0 Å². The maximum Gasteiger partial charge on any atom is 0.0112 e. The van der Waals surface area contributed by atoms with E-state index < -0.39 is 0 Å². The standard InChI is InChI=1S/C15H30N2/c1-11(2)17(12(3)4)8-7-16-15-10-13-5-6-14(15)9-13/h11-16H,5-10H2,1-4H3. The van der Waals surface area contributed by atoms with Gasteiger partial charge in [0, 0.05) is 31.2 Å². The second kappa shape index (κ2) is 5.71. The topological polar surface area (TPSA) is 15.3 Å². The molecule has 0 aliphatic heterocycles. The van der Waals surface area contributed by atoms with Crippen molar-refractivity contribution in [2.45, 2.75) is 71.5 Å². The lowest BCUT2D eigenvalue weighted by Crippen LogP contribution is -2.44. The van der Waals surface area contributed by atoms with Gasteiger partial charge >= 0.3 is 0 Å². The van der Waals surface area contributed by atoms with Crippen molar-refractivity contribution in [3.63, 3.8) is 0 Å². The molecule has 0 radical (unpaired) electrons. The molecule has 0 spiro atoms. The monoisotopic (exact) mass is 238 g/mol. The average Bonchev–Trinajstić information content (AvgIpc) is 2.84. The van der Waals surface area contributed by atoms with E-state index >= 15 is 0 Å². The summed E-state index contributed by atoms with van der Waals surface area (Å²) in [6, 6.07) is 2.17. The van der Waals surface area contributed by atoms with Crippen LogP contribution in [0.25, 0.3) is 0 Å². The molecule has 2 aliphatic carbocycles. The Bertz CT molecular complexity index is 229. The highest BCUT2D eigenvalue weighted by Crippen LogP contribution is 2.44. The van der Waals surface area contributed by atoms with Crippen molar-refractivity contribution in [2.75, 3.05) is 13.1 Å². The summed E-state index contributed by atoms with van der Waals surface area (Å²) >= 11 is 0. The van der Waals surface area contributed by atoms with Crippen molar-refractivity contribution in [3.05, 3.63) is 0 Å². The lowest BCUT2D eigenvalue weighted by atomic mass is 9.95. The Morgan fingerprint density at radius 1 is 1.06 bits per heavy atom. The Labute approximate surface area is 107 Å². The quantitative estimate of drug-likeness (QED) is 0.765. The summed E-state index contributed by atoms with van der Waals surface area (Å²) in [5.41, 5.74) is 0. The van der Waals surface area contributed by atoms with Crippen molar-refractivity contribution in [1.82, 2.24) is 10.2 Å². The van der Waals surface area contributed by atoms with Gasteiger partial charge in [0.1, 0.15) is 0 Å². The Morgan fingerprint density at radius 3 is 2.24 bits per heavy atom. The van der Waals surface area contributed by atoms with Gasteiger partial charge in [0.2, 0.25) is 0 Å². The van der Waals surface area contributed by atoms with Gasteiger partial charge in [0.05, 0.1) is 0 Å². The van der Waals surface area contributed by atoms with Crippen molar-refractivity contribution < 1.29 is 0 Å². The Kier molecular flexibility index (Phi) is 4.48. The fourth-order valence-corrected chi connectivity index (χ4v) is 3.99. The molecule has 0 heterocycles. The van der Waals surface area contributed by atoms with Crippen LogP contribution in [0.1, 0.15) is 53.4 Å². The number of nitrogens with one attached hydrogen (secondary N) is 1. The highest BCUT2D eigenvalue weighted by molar-refractivity contribution is 4.94. The van der Waals surface area contributed by atoms with Crippen LogP contribution in [-0.4, -0.2) is 36.1 Å². The molecule has 2 nitrogen and oxygen atoms in total. The molecule has 2 aliphatic rings. The van der Waals surface area contributed by atoms with Gasteiger partial charge < -0.3 is 5.32 Å². The predicted octanol–water partition coefficient (Wildman–Crippen LogP) is 2.88. The van der Waals surface area contributed by atoms with Crippen LogP contribution in [0, 0.1) is 11.8 Å². The van der Waals surface area contributed by atoms with Gasteiger partial charge in [-0.1, -0.05) is 6.42 Å². The first-order valence-electron chi connectivity index (χ1n) is 7.57. The molecule has 0 amide bonds. The van der Waals surface area contributed by atoms with Crippen LogP contribution in [0.5, 0.6) is 0 Å². The molecule has 2 rings (SSSR count). The molecule has 0 aromatic heterocycles. The van der Waals surface area contributed by atoms with Gasteiger partial charge in [-0.05, 0) is 58.8 Å². The van der Waals surface area contributed by atoms with Gasteiger partial charge in [0.25, 0.3) is 0 Å². The van der Waals surface area contributed by atoms with Crippen LogP contribution >= 0.6 is 0 Å². The molecule has 17 heavy (non-hydrogen) atoms. The van der Waals surface area contributed by atoms with Crippen molar-refractivity contribution in [3.8, 4) is 0 Å². The summed E-state index contributed by atoms with van der Waals surface area (Å²) in [6.07, 6.45) is 5.96. The maximum absolute atomic E-state index is 3.81. The third-order valence-corrected chi connectivity index (χ3v) is 4.84. The van der Waals surface area contributed by atoms with Crippen LogP contribution in [0.15, 0.2) is 0 Å². The van der Waals surface area contributed by atoms with E-state index in [2.05, 4.69) is 37.9 Å². The van der Waals surface area contributed by atoms with Crippen molar-refractivity contribution in [2.24, 2.45) is 11.8 Å². The summed E-state index contributed by atoms with van der Waals surface area (Å²) in [4.78, 5) is 2.58. The molecular weight excluding hydrogens is 208 g/mol. The normalized spacial score (nSPS) is 32.3. The average molecular weight is 238 g/mol. The SMILES string of the molecule is CC(C)N(CCNC1CC2CCC1C2)C(C)C. The van der Waals surface area contributed by atoms with E-state index in [-0.39, 0.29) is 0 Å². The Morgan fingerprint density at radius 2 is 1.76 bits per heavy atom. The Hall–Kier alpha value is -0.0800. The fraction of sp³-hybridized carbons (Fsp3) is 1.00. The molecule has 1 N–H and O–H groups in total. The van der Waals surface area contributed by atoms with E-state index in [9.17, 15) is 0 Å². The van der Waals surface area contributed by atoms with Gasteiger partial charge in [-0.25, -0.2) is 0 Å². The highest BCUT2D eigenvalue weighted by atomic mass is 15.2. The van der Waals surface area contributed by atoms with Crippen LogP contribution < -0.4 is 5.32 Å². The molecule has 2 heteroatoms. The zero-order valence-electron chi connectivity index (χ0n) is 12.1. The van der Waals surface area contributed by atoms with E-state index in [1.165, 1.54) is 38.8 Å². The molecular formula is C15H30N2. The fourth-order valence-electron chi connectivity index (χ4n) is 3.99. The van der Waals surface area contributed by atoms with Crippen LogP contribution in [0.3, 0.4) is 0 Å². The summed E-state index contributed by atoms with van der Waals surface area (Å²) in [6.45, 7) is 11.6. The molecule has 3 atom stereocenters. The molecule has 2 bridgehead atoms. The van der Waals surface area contributed by atoms with E-state index in [0.717, 1.165) is 17.9 Å². The second-order valence-electron chi connectivity index (χ2n) is 6.66. The summed E-state index contributed by atoms with van der Waals surface area (Å²) < 4.78 is 0. The van der Waals surface area contributed by atoms with Crippen molar-refractivity contribution >= 4 is 0 Å². The lowest BCUT2D eigenvalue weighted by molar-refractivity contribution is 0.171. The van der Waals surface area contributed by atoms with E-state index in [4.69, 9.17) is 0 Å². The first kappa shape index (κ1) is 13.4. The van der Waals surface area contributed by atoms with Gasteiger partial charge in [0.15, 0.2) is 0 Å². The Balaban J connectivity index is 1.68. The van der Waals surface area contributed by atoms with Gasteiger partial charge in [-0.2, -0.15) is 0 Å². The van der Waals surface area contributed by atoms with E-state index in [1.54, 1.807) is 0 Å². The largest absolute Gasteiger partial charge is 0.312 e. The van der Waals surface area contributed by atoms with Crippen LogP contribution in [-0.2, 0) is 0 Å². The molecule has 100 valence electrons. The first-order valence-corrected chi connectivity index (χ1v) is 7.57. The third kappa shape index (κ3) is 3.23. The number of hydrogen-bond acceptors (Lipinski definition) is 2. The lowest BCUT2D eigenvalue weighted by Gasteiger charge is -2.32. The molecule has 0 saturated heterocycles. The van der Waals surface area contributed by atoms with E-state index in [0.29, 0.717) is 12.1 Å². The summed E-state index contributed by atoms with van der Waals surface area (Å²) in [5, 5.41) is 3.81. The number of nitrogens with zero attached hydrogens (tertiary/aromatic N) is 1. The zero-order valence-corrected chi connectivity index (χ0v) is 12.1. The number of rotatable bonds is 6. The number of fused-ring (bicyclic) bond motifs is 2. The summed E-state index contributed by atoms with van der Waals surface area (Å²) in [7, 11) is 0. The predicted molar refractivity (Wildman–Crippen MR) is 74.2 cm³/mol. The molecule has 2 fully saturated rings. The molecule has 3 unspecified atom stereocenters. The highest BCUT2D eigenvalue weighted by Gasteiger charge is 2.38.